The summed E-state index contributed by atoms with van der Waals surface area (Å²) in [5.74, 6) is 0. The van der Waals surface area contributed by atoms with Crippen molar-refractivity contribution < 1.29 is 14.1 Å². The molecule has 2 unspecified atom stereocenters. The van der Waals surface area contributed by atoms with E-state index in [2.05, 4.69) is 4.72 Å². The van der Waals surface area contributed by atoms with E-state index in [1.165, 1.54) is 0 Å². The van der Waals surface area contributed by atoms with Crippen LogP contribution in [0.15, 0.2) is 0 Å². The van der Waals surface area contributed by atoms with Crippen LogP contribution >= 0.6 is 0 Å². The van der Waals surface area contributed by atoms with Gasteiger partial charge in [0.05, 0.1) is 29.7 Å². The molecule has 0 aliphatic carbocycles. The van der Waals surface area contributed by atoms with E-state index in [9.17, 15) is 9.32 Å². The quantitative estimate of drug-likeness (QED) is 0.673. The highest BCUT2D eigenvalue weighted by molar-refractivity contribution is 7.83. The minimum atomic E-state index is -1.08. The van der Waals surface area contributed by atoms with Crippen LogP contribution in [0.2, 0.25) is 0 Å². The van der Waals surface area contributed by atoms with E-state index in [0.717, 1.165) is 0 Å². The fraction of sp³-hybridized carbons (Fsp3) is 1.00. The van der Waals surface area contributed by atoms with Crippen LogP contribution in [0.1, 0.15) is 20.3 Å². The molecule has 0 radical (unpaired) electrons. The number of aliphatic hydroxyl groups is 1. The lowest BCUT2D eigenvalue weighted by atomic mass is 10.1. The van der Waals surface area contributed by atoms with E-state index in [1.807, 2.05) is 13.8 Å². The summed E-state index contributed by atoms with van der Waals surface area (Å²) in [6.45, 7) is 4.78. The third-order valence-corrected chi connectivity index (χ3v) is 3.41. The highest BCUT2D eigenvalue weighted by Crippen LogP contribution is 2.08. The molecule has 13 heavy (non-hydrogen) atoms. The van der Waals surface area contributed by atoms with Crippen LogP contribution in [0.3, 0.4) is 0 Å². The molecule has 4 nitrogen and oxygen atoms in total. The molecule has 2 N–H and O–H groups in total. The molecule has 1 heterocycles. The van der Waals surface area contributed by atoms with Crippen molar-refractivity contribution in [1.82, 2.24) is 4.72 Å². The Morgan fingerprint density at radius 1 is 1.62 bits per heavy atom. The lowest BCUT2D eigenvalue weighted by Gasteiger charge is -2.28. The van der Waals surface area contributed by atoms with Crippen molar-refractivity contribution in [2.24, 2.45) is 0 Å². The number of nitrogens with one attached hydrogen (secondary N) is 1. The monoisotopic (exact) mass is 207 g/mol. The van der Waals surface area contributed by atoms with Gasteiger partial charge in [-0.3, -0.25) is 0 Å². The molecule has 1 rings (SSSR count). The van der Waals surface area contributed by atoms with Gasteiger partial charge in [0.1, 0.15) is 0 Å². The highest BCUT2D eigenvalue weighted by Gasteiger charge is 2.25. The Hall–Kier alpha value is 0.0300. The van der Waals surface area contributed by atoms with E-state index >= 15 is 0 Å². The average molecular weight is 207 g/mol. The molecule has 0 aromatic rings. The van der Waals surface area contributed by atoms with Crippen LogP contribution < -0.4 is 4.72 Å². The number of hydrogen-bond donors (Lipinski definition) is 2. The van der Waals surface area contributed by atoms with Crippen molar-refractivity contribution in [2.45, 2.75) is 37.7 Å². The first-order valence-electron chi connectivity index (χ1n) is 4.54. The van der Waals surface area contributed by atoms with Crippen molar-refractivity contribution in [3.63, 3.8) is 0 Å². The Morgan fingerprint density at radius 3 is 2.85 bits per heavy atom. The van der Waals surface area contributed by atoms with Gasteiger partial charge in [-0.1, -0.05) is 0 Å². The van der Waals surface area contributed by atoms with Gasteiger partial charge in [0.2, 0.25) is 0 Å². The SMILES string of the molecule is CC(C)S(=O)NC1COCC[C@H]1O. The molecule has 0 amide bonds. The topological polar surface area (TPSA) is 58.6 Å². The molecule has 0 saturated carbocycles. The van der Waals surface area contributed by atoms with Gasteiger partial charge in [-0.25, -0.2) is 8.93 Å². The minimum absolute atomic E-state index is 0.0640. The summed E-state index contributed by atoms with van der Waals surface area (Å²) in [6, 6.07) is -0.183. The Bertz CT molecular complexity index is 186. The van der Waals surface area contributed by atoms with Gasteiger partial charge >= 0.3 is 0 Å². The summed E-state index contributed by atoms with van der Waals surface area (Å²) in [7, 11) is -1.08. The van der Waals surface area contributed by atoms with Crippen LogP contribution in [0.25, 0.3) is 0 Å². The maximum atomic E-state index is 11.4. The van der Waals surface area contributed by atoms with Crippen molar-refractivity contribution in [2.75, 3.05) is 13.2 Å². The smallest absolute Gasteiger partial charge is 0.0945 e. The van der Waals surface area contributed by atoms with Crippen LogP contribution in [-0.2, 0) is 15.7 Å². The molecule has 0 aromatic carbocycles. The summed E-state index contributed by atoms with van der Waals surface area (Å²) in [4.78, 5) is 0. The molecule has 0 spiro atoms. The van der Waals surface area contributed by atoms with Crippen molar-refractivity contribution in [3.05, 3.63) is 0 Å². The Kier molecular flexibility index (Phi) is 4.31. The predicted molar refractivity (Wildman–Crippen MR) is 51.6 cm³/mol. The maximum Gasteiger partial charge on any atom is 0.0945 e. The fourth-order valence-electron chi connectivity index (χ4n) is 1.12. The first kappa shape index (κ1) is 11.1. The molecular formula is C8H17NO3S. The maximum absolute atomic E-state index is 11.4. The highest BCUT2D eigenvalue weighted by atomic mass is 32.2. The molecule has 1 aliphatic heterocycles. The van der Waals surface area contributed by atoms with E-state index in [1.54, 1.807) is 0 Å². The van der Waals surface area contributed by atoms with Crippen molar-refractivity contribution in [3.8, 4) is 0 Å². The van der Waals surface area contributed by atoms with E-state index in [0.29, 0.717) is 19.6 Å². The van der Waals surface area contributed by atoms with E-state index < -0.39 is 17.1 Å². The number of ether oxygens (including phenoxy) is 1. The number of aliphatic hydroxyl groups excluding tert-OH is 1. The zero-order valence-corrected chi connectivity index (χ0v) is 8.84. The van der Waals surface area contributed by atoms with Gasteiger partial charge in [0.15, 0.2) is 0 Å². The second kappa shape index (κ2) is 5.05. The van der Waals surface area contributed by atoms with Crippen LogP contribution in [0.4, 0.5) is 0 Å². The molecule has 0 aromatic heterocycles. The van der Waals surface area contributed by atoms with Gasteiger partial charge in [-0.05, 0) is 20.3 Å². The molecule has 1 fully saturated rings. The third kappa shape index (κ3) is 3.34. The second-order valence-electron chi connectivity index (χ2n) is 3.50. The summed E-state index contributed by atoms with van der Waals surface area (Å²) in [5.41, 5.74) is 0. The van der Waals surface area contributed by atoms with E-state index in [4.69, 9.17) is 4.74 Å². The molecule has 0 bridgehead atoms. The summed E-state index contributed by atoms with van der Waals surface area (Å²) < 4.78 is 19.4. The standard InChI is InChI=1S/C8H17NO3S/c1-6(2)13(11)9-7-5-12-4-3-8(7)10/h6-10H,3-5H2,1-2H3/t7?,8-,13?/m1/s1. The Morgan fingerprint density at radius 2 is 2.31 bits per heavy atom. The first-order chi connectivity index (χ1) is 6.11. The summed E-state index contributed by atoms with van der Waals surface area (Å²) in [5, 5.41) is 9.59. The van der Waals surface area contributed by atoms with Crippen molar-refractivity contribution in [1.29, 1.82) is 0 Å². The largest absolute Gasteiger partial charge is 0.391 e. The lowest BCUT2D eigenvalue weighted by Crippen LogP contribution is -2.48. The third-order valence-electron chi connectivity index (χ3n) is 2.02. The molecular weight excluding hydrogens is 190 g/mol. The average Bonchev–Trinajstić information content (AvgIpc) is 2.08. The van der Waals surface area contributed by atoms with E-state index in [-0.39, 0.29) is 11.3 Å². The van der Waals surface area contributed by atoms with Gasteiger partial charge in [0.25, 0.3) is 0 Å². The zero-order chi connectivity index (χ0) is 9.84. The molecule has 3 atom stereocenters. The molecule has 1 aliphatic rings. The van der Waals surface area contributed by atoms with Gasteiger partial charge in [-0.15, -0.1) is 0 Å². The van der Waals surface area contributed by atoms with Crippen LogP contribution in [0.5, 0.6) is 0 Å². The fourth-order valence-corrected chi connectivity index (χ4v) is 1.92. The lowest BCUT2D eigenvalue weighted by molar-refractivity contribution is -0.00802. The van der Waals surface area contributed by atoms with Gasteiger partial charge in [0, 0.05) is 11.9 Å². The van der Waals surface area contributed by atoms with Crippen LogP contribution in [-0.4, -0.2) is 39.9 Å². The molecule has 78 valence electrons. The second-order valence-corrected chi connectivity index (χ2v) is 5.27. The predicted octanol–water partition coefficient (Wildman–Crippen LogP) is -0.202. The summed E-state index contributed by atoms with van der Waals surface area (Å²) >= 11 is 0. The van der Waals surface area contributed by atoms with Gasteiger partial charge < -0.3 is 9.84 Å². The number of hydrogen-bond acceptors (Lipinski definition) is 3. The molecule has 1 saturated heterocycles. The minimum Gasteiger partial charge on any atom is -0.391 e. The van der Waals surface area contributed by atoms with Crippen LogP contribution in [0, 0.1) is 0 Å². The Labute approximate surface area is 81.3 Å². The zero-order valence-electron chi connectivity index (χ0n) is 8.03. The number of rotatable bonds is 3. The van der Waals surface area contributed by atoms with Gasteiger partial charge in [-0.2, -0.15) is 0 Å². The van der Waals surface area contributed by atoms with Crippen molar-refractivity contribution >= 4 is 11.0 Å². The first-order valence-corrected chi connectivity index (χ1v) is 5.75. The normalized spacial score (nSPS) is 32.0. The molecule has 5 heteroatoms. The Balaban J connectivity index is 2.38. The summed E-state index contributed by atoms with van der Waals surface area (Å²) in [6.07, 6.45) is 0.184.